The number of ether oxygens (including phenoxy) is 1. The molecular weight excluding hydrogens is 316 g/mol. The zero-order chi connectivity index (χ0) is 13.8. The first kappa shape index (κ1) is 14.9. The summed E-state index contributed by atoms with van der Waals surface area (Å²) < 4.78 is 33.7. The number of rotatable bonds is 4. The summed E-state index contributed by atoms with van der Waals surface area (Å²) in [7, 11) is 1.80. The summed E-state index contributed by atoms with van der Waals surface area (Å²) in [5.74, 6) is -1.02. The molecule has 0 aromatic heterocycles. The van der Waals surface area contributed by atoms with Gasteiger partial charge in [0.2, 0.25) is 0 Å². The Bertz CT molecular complexity index is 436. The summed E-state index contributed by atoms with van der Waals surface area (Å²) in [4.78, 5) is 0. The highest BCUT2D eigenvalue weighted by Gasteiger charge is 2.26. The molecule has 1 heterocycles. The van der Waals surface area contributed by atoms with Crippen LogP contribution >= 0.6 is 15.9 Å². The molecular formula is C14H18BrF2NO. The SMILES string of the molecule is CNC(Cc1c(F)ccc(Br)c1F)C1CCCCO1. The number of likely N-dealkylation sites (N-methyl/N-ethyl adjacent to an activating group) is 1. The summed E-state index contributed by atoms with van der Waals surface area (Å²) in [5, 5.41) is 3.12. The van der Waals surface area contributed by atoms with Crippen LogP contribution in [0.5, 0.6) is 0 Å². The zero-order valence-electron chi connectivity index (χ0n) is 10.9. The van der Waals surface area contributed by atoms with Gasteiger partial charge in [0.25, 0.3) is 0 Å². The van der Waals surface area contributed by atoms with E-state index in [-0.39, 0.29) is 24.1 Å². The molecule has 0 bridgehead atoms. The second kappa shape index (κ2) is 6.77. The highest BCUT2D eigenvalue weighted by atomic mass is 79.9. The van der Waals surface area contributed by atoms with E-state index >= 15 is 0 Å². The molecule has 2 unspecified atom stereocenters. The third kappa shape index (κ3) is 3.52. The quantitative estimate of drug-likeness (QED) is 0.852. The fourth-order valence-corrected chi connectivity index (χ4v) is 2.85. The molecule has 0 spiro atoms. The Morgan fingerprint density at radius 3 is 2.84 bits per heavy atom. The first-order valence-electron chi connectivity index (χ1n) is 6.54. The molecule has 0 saturated carbocycles. The van der Waals surface area contributed by atoms with Gasteiger partial charge in [-0.1, -0.05) is 0 Å². The van der Waals surface area contributed by atoms with Crippen molar-refractivity contribution in [3.63, 3.8) is 0 Å². The Hall–Kier alpha value is -0.520. The zero-order valence-corrected chi connectivity index (χ0v) is 12.5. The predicted octanol–water partition coefficient (Wildman–Crippen LogP) is 3.43. The van der Waals surface area contributed by atoms with Crippen molar-refractivity contribution in [1.82, 2.24) is 5.32 Å². The fraction of sp³-hybridized carbons (Fsp3) is 0.571. The van der Waals surface area contributed by atoms with Gasteiger partial charge in [0.1, 0.15) is 11.6 Å². The standard InChI is InChI=1S/C14H18BrF2NO/c1-18-12(13-4-2-3-7-19-13)8-9-11(16)6-5-10(15)14(9)17/h5-6,12-13,18H,2-4,7-8H2,1H3. The van der Waals surface area contributed by atoms with Gasteiger partial charge in [-0.2, -0.15) is 0 Å². The van der Waals surface area contributed by atoms with E-state index in [1.54, 1.807) is 7.05 Å². The summed E-state index contributed by atoms with van der Waals surface area (Å²) in [5.41, 5.74) is 0.114. The third-order valence-electron chi connectivity index (χ3n) is 3.60. The fourth-order valence-electron chi connectivity index (χ4n) is 2.48. The topological polar surface area (TPSA) is 21.3 Å². The van der Waals surface area contributed by atoms with Gasteiger partial charge < -0.3 is 10.1 Å². The molecule has 1 aliphatic heterocycles. The molecule has 2 nitrogen and oxygen atoms in total. The van der Waals surface area contributed by atoms with Crippen LogP contribution in [0.4, 0.5) is 8.78 Å². The number of benzene rings is 1. The van der Waals surface area contributed by atoms with Gasteiger partial charge in [-0.25, -0.2) is 8.78 Å². The normalized spacial score (nSPS) is 21.4. The van der Waals surface area contributed by atoms with Gasteiger partial charge in [0.15, 0.2) is 0 Å². The van der Waals surface area contributed by atoms with Crippen LogP contribution in [0, 0.1) is 11.6 Å². The number of halogens is 3. The first-order valence-corrected chi connectivity index (χ1v) is 7.34. The van der Waals surface area contributed by atoms with Crippen LogP contribution in [-0.4, -0.2) is 25.8 Å². The summed E-state index contributed by atoms with van der Waals surface area (Å²) in [6.45, 7) is 0.728. The monoisotopic (exact) mass is 333 g/mol. The van der Waals surface area contributed by atoms with E-state index in [4.69, 9.17) is 4.74 Å². The molecule has 106 valence electrons. The molecule has 0 amide bonds. The van der Waals surface area contributed by atoms with Gasteiger partial charge in [0.05, 0.1) is 10.6 Å². The maximum absolute atomic E-state index is 14.0. The Morgan fingerprint density at radius 2 is 2.21 bits per heavy atom. The van der Waals surface area contributed by atoms with Gasteiger partial charge in [-0.15, -0.1) is 0 Å². The van der Waals surface area contributed by atoms with Crippen LogP contribution in [0.25, 0.3) is 0 Å². The lowest BCUT2D eigenvalue weighted by molar-refractivity contribution is -0.00616. The molecule has 1 fully saturated rings. The molecule has 1 aromatic rings. The van der Waals surface area contributed by atoms with Crippen molar-refractivity contribution >= 4 is 15.9 Å². The van der Waals surface area contributed by atoms with Gasteiger partial charge in [-0.3, -0.25) is 0 Å². The van der Waals surface area contributed by atoms with Crippen molar-refractivity contribution in [1.29, 1.82) is 0 Å². The highest BCUT2D eigenvalue weighted by molar-refractivity contribution is 9.10. The average Bonchev–Trinajstić information content (AvgIpc) is 2.44. The van der Waals surface area contributed by atoms with Gasteiger partial charge >= 0.3 is 0 Å². The van der Waals surface area contributed by atoms with E-state index < -0.39 is 11.6 Å². The summed E-state index contributed by atoms with van der Waals surface area (Å²) >= 11 is 3.09. The van der Waals surface area contributed by atoms with Crippen LogP contribution in [-0.2, 0) is 11.2 Å². The molecule has 2 rings (SSSR count). The predicted molar refractivity (Wildman–Crippen MR) is 74.2 cm³/mol. The highest BCUT2D eigenvalue weighted by Crippen LogP contribution is 2.25. The van der Waals surface area contributed by atoms with E-state index in [2.05, 4.69) is 21.2 Å². The molecule has 2 atom stereocenters. The van der Waals surface area contributed by atoms with Crippen LogP contribution in [0.3, 0.4) is 0 Å². The van der Waals surface area contributed by atoms with E-state index in [0.29, 0.717) is 4.47 Å². The Balaban J connectivity index is 2.15. The van der Waals surface area contributed by atoms with E-state index in [0.717, 1.165) is 25.9 Å². The summed E-state index contributed by atoms with van der Waals surface area (Å²) in [6, 6.07) is 2.61. The van der Waals surface area contributed by atoms with Crippen molar-refractivity contribution < 1.29 is 13.5 Å². The minimum absolute atomic E-state index is 0.0246. The van der Waals surface area contributed by atoms with E-state index in [1.165, 1.54) is 12.1 Å². The molecule has 1 aliphatic rings. The Morgan fingerprint density at radius 1 is 1.42 bits per heavy atom. The number of hydrogen-bond acceptors (Lipinski definition) is 2. The van der Waals surface area contributed by atoms with E-state index in [1.807, 2.05) is 0 Å². The molecule has 1 aromatic carbocycles. The number of hydrogen-bond donors (Lipinski definition) is 1. The minimum atomic E-state index is -0.518. The molecule has 1 saturated heterocycles. The molecule has 5 heteroatoms. The molecule has 0 radical (unpaired) electrons. The van der Waals surface area contributed by atoms with Crippen LogP contribution < -0.4 is 5.32 Å². The summed E-state index contributed by atoms with van der Waals surface area (Å²) in [6.07, 6.45) is 3.41. The average molecular weight is 334 g/mol. The first-order chi connectivity index (χ1) is 9.13. The third-order valence-corrected chi connectivity index (χ3v) is 4.21. The Kier molecular flexibility index (Phi) is 5.30. The van der Waals surface area contributed by atoms with Gasteiger partial charge in [-0.05, 0) is 60.8 Å². The van der Waals surface area contributed by atoms with Crippen LogP contribution in [0.2, 0.25) is 0 Å². The second-order valence-corrected chi connectivity index (χ2v) is 5.68. The lowest BCUT2D eigenvalue weighted by Crippen LogP contribution is -2.43. The minimum Gasteiger partial charge on any atom is -0.377 e. The van der Waals surface area contributed by atoms with E-state index in [9.17, 15) is 8.78 Å². The van der Waals surface area contributed by atoms with Crippen molar-refractivity contribution in [3.8, 4) is 0 Å². The molecule has 1 N–H and O–H groups in total. The second-order valence-electron chi connectivity index (χ2n) is 4.83. The van der Waals surface area contributed by atoms with Crippen LogP contribution in [0.15, 0.2) is 16.6 Å². The van der Waals surface area contributed by atoms with Gasteiger partial charge in [0, 0.05) is 18.2 Å². The van der Waals surface area contributed by atoms with Crippen molar-refractivity contribution in [3.05, 3.63) is 33.8 Å². The molecule has 19 heavy (non-hydrogen) atoms. The maximum atomic E-state index is 14.0. The van der Waals surface area contributed by atoms with Crippen LogP contribution in [0.1, 0.15) is 24.8 Å². The van der Waals surface area contributed by atoms with Crippen molar-refractivity contribution in [2.24, 2.45) is 0 Å². The number of nitrogens with one attached hydrogen (secondary N) is 1. The van der Waals surface area contributed by atoms with Crippen molar-refractivity contribution in [2.75, 3.05) is 13.7 Å². The molecule has 0 aliphatic carbocycles. The smallest absolute Gasteiger partial charge is 0.143 e. The lowest BCUT2D eigenvalue weighted by atomic mass is 9.95. The lowest BCUT2D eigenvalue weighted by Gasteiger charge is -2.30. The van der Waals surface area contributed by atoms with Crippen molar-refractivity contribution in [2.45, 2.75) is 37.8 Å². The largest absolute Gasteiger partial charge is 0.377 e. The maximum Gasteiger partial charge on any atom is 0.143 e. The Labute approximate surface area is 120 Å².